The van der Waals surface area contributed by atoms with Crippen LogP contribution < -0.4 is 4.74 Å². The Morgan fingerprint density at radius 2 is 2.26 bits per heavy atom. The Labute approximate surface area is 111 Å². The monoisotopic (exact) mass is 281 g/mol. The number of ether oxygens (including phenoxy) is 1. The second-order valence-electron chi connectivity index (χ2n) is 4.68. The molecule has 19 heavy (non-hydrogen) atoms. The minimum absolute atomic E-state index is 0.0465. The summed E-state index contributed by atoms with van der Waals surface area (Å²) in [5, 5.41) is 0. The van der Waals surface area contributed by atoms with Crippen molar-refractivity contribution in [2.75, 3.05) is 18.1 Å². The molecule has 1 atom stereocenters. The number of fused-ring (bicyclic) bond motifs is 1. The summed E-state index contributed by atoms with van der Waals surface area (Å²) in [7, 11) is -2.90. The minimum atomic E-state index is -2.90. The van der Waals surface area contributed by atoms with Crippen molar-refractivity contribution in [3.05, 3.63) is 18.0 Å². The molecule has 0 bridgehead atoms. The van der Waals surface area contributed by atoms with Crippen molar-refractivity contribution in [3.8, 4) is 5.88 Å². The molecule has 1 saturated heterocycles. The van der Waals surface area contributed by atoms with E-state index in [-0.39, 0.29) is 17.4 Å². The van der Waals surface area contributed by atoms with Gasteiger partial charge in [-0.3, -0.25) is 0 Å². The van der Waals surface area contributed by atoms with Crippen molar-refractivity contribution < 1.29 is 13.2 Å². The standard InChI is InChI=1S/C12H15N3O3S/c1-2-18-10-4-3-9-12(14-10)15-11(13-9)8-5-6-19(16,17)7-8/h3-4,8H,2,5-7H2,1H3,(H,13,14,15). The van der Waals surface area contributed by atoms with Gasteiger partial charge in [0.1, 0.15) is 5.82 Å². The molecule has 1 unspecified atom stereocenters. The van der Waals surface area contributed by atoms with Gasteiger partial charge in [0.15, 0.2) is 15.5 Å². The highest BCUT2D eigenvalue weighted by molar-refractivity contribution is 7.91. The summed E-state index contributed by atoms with van der Waals surface area (Å²) in [5.41, 5.74) is 1.38. The number of nitrogens with zero attached hydrogens (tertiary/aromatic N) is 2. The van der Waals surface area contributed by atoms with E-state index in [4.69, 9.17) is 4.74 Å². The summed E-state index contributed by atoms with van der Waals surface area (Å²) in [6, 6.07) is 3.63. The number of sulfone groups is 1. The number of rotatable bonds is 3. The van der Waals surface area contributed by atoms with E-state index in [2.05, 4.69) is 15.0 Å². The normalized spacial score (nSPS) is 21.8. The molecule has 0 aliphatic carbocycles. The van der Waals surface area contributed by atoms with E-state index in [9.17, 15) is 8.42 Å². The minimum Gasteiger partial charge on any atom is -0.478 e. The van der Waals surface area contributed by atoms with Crippen molar-refractivity contribution in [1.82, 2.24) is 15.0 Å². The van der Waals surface area contributed by atoms with Crippen molar-refractivity contribution in [2.45, 2.75) is 19.3 Å². The number of imidazole rings is 1. The summed E-state index contributed by atoms with van der Waals surface area (Å²) in [6.07, 6.45) is 0.625. The highest BCUT2D eigenvalue weighted by atomic mass is 32.2. The maximum Gasteiger partial charge on any atom is 0.215 e. The predicted molar refractivity (Wildman–Crippen MR) is 71.1 cm³/mol. The van der Waals surface area contributed by atoms with Gasteiger partial charge in [-0.1, -0.05) is 0 Å². The van der Waals surface area contributed by atoms with Gasteiger partial charge < -0.3 is 9.72 Å². The number of hydrogen-bond donors (Lipinski definition) is 1. The van der Waals surface area contributed by atoms with E-state index < -0.39 is 9.84 Å². The van der Waals surface area contributed by atoms with Gasteiger partial charge in [0.2, 0.25) is 5.88 Å². The van der Waals surface area contributed by atoms with Crippen LogP contribution in [0, 0.1) is 0 Å². The molecule has 3 rings (SSSR count). The van der Waals surface area contributed by atoms with Crippen LogP contribution >= 0.6 is 0 Å². The number of pyridine rings is 1. The first kappa shape index (κ1) is 12.4. The molecule has 0 radical (unpaired) electrons. The number of nitrogens with one attached hydrogen (secondary N) is 1. The summed E-state index contributed by atoms with van der Waals surface area (Å²) in [4.78, 5) is 11.8. The molecule has 7 heteroatoms. The fraction of sp³-hybridized carbons (Fsp3) is 0.500. The predicted octanol–water partition coefficient (Wildman–Crippen LogP) is 1.26. The highest BCUT2D eigenvalue weighted by Crippen LogP contribution is 2.28. The Kier molecular flexibility index (Phi) is 2.93. The van der Waals surface area contributed by atoms with Gasteiger partial charge in [-0.15, -0.1) is 0 Å². The highest BCUT2D eigenvalue weighted by Gasteiger charge is 2.31. The zero-order valence-corrected chi connectivity index (χ0v) is 11.4. The smallest absolute Gasteiger partial charge is 0.215 e. The molecule has 2 aromatic rings. The third kappa shape index (κ3) is 2.42. The lowest BCUT2D eigenvalue weighted by Crippen LogP contribution is -2.04. The average molecular weight is 281 g/mol. The topological polar surface area (TPSA) is 84.9 Å². The Morgan fingerprint density at radius 3 is 2.95 bits per heavy atom. The second-order valence-corrected chi connectivity index (χ2v) is 6.90. The molecule has 0 saturated carbocycles. The van der Waals surface area contributed by atoms with Crippen LogP contribution in [0.2, 0.25) is 0 Å². The second kappa shape index (κ2) is 4.48. The van der Waals surface area contributed by atoms with Crippen LogP contribution in [0.15, 0.2) is 12.1 Å². The van der Waals surface area contributed by atoms with E-state index in [1.54, 1.807) is 6.07 Å². The molecule has 102 valence electrons. The number of aromatic nitrogens is 3. The van der Waals surface area contributed by atoms with Gasteiger partial charge in [0.25, 0.3) is 0 Å². The molecule has 0 spiro atoms. The Balaban J connectivity index is 1.93. The van der Waals surface area contributed by atoms with Crippen LogP contribution in [0.4, 0.5) is 0 Å². The number of hydrogen-bond acceptors (Lipinski definition) is 5. The van der Waals surface area contributed by atoms with Crippen molar-refractivity contribution >= 4 is 21.0 Å². The molecular formula is C12H15N3O3S. The maximum absolute atomic E-state index is 11.5. The fourth-order valence-electron chi connectivity index (χ4n) is 2.33. The summed E-state index contributed by atoms with van der Waals surface area (Å²) in [5.74, 6) is 1.61. The Hall–Kier alpha value is -1.63. The zero-order valence-electron chi connectivity index (χ0n) is 10.6. The lowest BCUT2D eigenvalue weighted by molar-refractivity contribution is 0.328. The van der Waals surface area contributed by atoms with Gasteiger partial charge in [0.05, 0.1) is 23.6 Å². The molecule has 0 amide bonds. The largest absolute Gasteiger partial charge is 0.478 e. The lowest BCUT2D eigenvalue weighted by atomic mass is 10.1. The van der Waals surface area contributed by atoms with E-state index in [1.807, 2.05) is 13.0 Å². The van der Waals surface area contributed by atoms with E-state index >= 15 is 0 Å². The molecular weight excluding hydrogens is 266 g/mol. The lowest BCUT2D eigenvalue weighted by Gasteiger charge is -2.00. The van der Waals surface area contributed by atoms with E-state index in [0.717, 1.165) is 5.52 Å². The third-order valence-electron chi connectivity index (χ3n) is 3.25. The van der Waals surface area contributed by atoms with Crippen molar-refractivity contribution in [3.63, 3.8) is 0 Å². The van der Waals surface area contributed by atoms with Crippen molar-refractivity contribution in [2.24, 2.45) is 0 Å². The Morgan fingerprint density at radius 1 is 1.42 bits per heavy atom. The van der Waals surface area contributed by atoms with E-state index in [0.29, 0.717) is 30.4 Å². The first-order valence-corrected chi connectivity index (χ1v) is 8.09. The quantitative estimate of drug-likeness (QED) is 0.915. The van der Waals surface area contributed by atoms with Crippen LogP contribution in [0.3, 0.4) is 0 Å². The van der Waals surface area contributed by atoms with Crippen LogP contribution in [0.5, 0.6) is 5.88 Å². The third-order valence-corrected chi connectivity index (χ3v) is 5.02. The fourth-order valence-corrected chi connectivity index (χ4v) is 4.07. The molecule has 1 fully saturated rings. The van der Waals surface area contributed by atoms with Gasteiger partial charge in [-0.05, 0) is 19.4 Å². The summed E-state index contributed by atoms with van der Waals surface area (Å²) >= 11 is 0. The SMILES string of the molecule is CCOc1ccc2[nH]c(C3CCS(=O)(=O)C3)nc2n1. The van der Waals surface area contributed by atoms with Crippen LogP contribution in [-0.2, 0) is 9.84 Å². The van der Waals surface area contributed by atoms with Gasteiger partial charge >= 0.3 is 0 Å². The van der Waals surface area contributed by atoms with Gasteiger partial charge in [0, 0.05) is 12.0 Å². The number of aromatic amines is 1. The van der Waals surface area contributed by atoms with Crippen molar-refractivity contribution in [1.29, 1.82) is 0 Å². The molecule has 1 N–H and O–H groups in total. The first-order chi connectivity index (χ1) is 9.07. The number of H-pyrrole nitrogens is 1. The molecule has 0 aromatic carbocycles. The van der Waals surface area contributed by atoms with Gasteiger partial charge in [-0.25, -0.2) is 13.4 Å². The molecule has 1 aliphatic heterocycles. The molecule has 3 heterocycles. The van der Waals surface area contributed by atoms with E-state index in [1.165, 1.54) is 0 Å². The maximum atomic E-state index is 11.5. The zero-order chi connectivity index (χ0) is 13.5. The average Bonchev–Trinajstić information content (AvgIpc) is 2.92. The summed E-state index contributed by atoms with van der Waals surface area (Å²) < 4.78 is 28.3. The van der Waals surface area contributed by atoms with Crippen LogP contribution in [0.1, 0.15) is 25.1 Å². The molecule has 1 aliphatic rings. The molecule has 6 nitrogen and oxygen atoms in total. The summed E-state index contributed by atoms with van der Waals surface area (Å²) in [6.45, 7) is 2.45. The van der Waals surface area contributed by atoms with Crippen LogP contribution in [-0.4, -0.2) is 41.5 Å². The first-order valence-electron chi connectivity index (χ1n) is 6.27. The van der Waals surface area contributed by atoms with Gasteiger partial charge in [-0.2, -0.15) is 4.98 Å². The molecule has 2 aromatic heterocycles. The van der Waals surface area contributed by atoms with Crippen LogP contribution in [0.25, 0.3) is 11.2 Å². The Bertz CT molecular complexity index is 708.